The first-order chi connectivity index (χ1) is 7.29. The fourth-order valence-corrected chi connectivity index (χ4v) is 2.71. The van der Waals surface area contributed by atoms with Crippen LogP contribution in [0.4, 0.5) is 5.13 Å². The first-order valence-electron chi connectivity index (χ1n) is 5.62. The summed E-state index contributed by atoms with van der Waals surface area (Å²) in [4.78, 5) is 4.49. The lowest BCUT2D eigenvalue weighted by Gasteiger charge is -2.19. The molecule has 4 heteroatoms. The molecule has 84 valence electrons. The van der Waals surface area contributed by atoms with Crippen molar-refractivity contribution in [2.24, 2.45) is 0 Å². The highest BCUT2D eigenvalue weighted by Gasteiger charge is 2.22. The van der Waals surface area contributed by atoms with Crippen molar-refractivity contribution in [1.82, 2.24) is 4.98 Å². The summed E-state index contributed by atoms with van der Waals surface area (Å²) in [5.74, 6) is 0. The van der Waals surface area contributed by atoms with Gasteiger partial charge < -0.3 is 10.1 Å². The number of ether oxygens (including phenoxy) is 1. The molecule has 0 bridgehead atoms. The highest BCUT2D eigenvalue weighted by Crippen LogP contribution is 2.21. The summed E-state index contributed by atoms with van der Waals surface area (Å²) in [6.07, 6.45) is 3.72. The molecule has 1 N–H and O–H groups in total. The van der Waals surface area contributed by atoms with E-state index >= 15 is 0 Å². The van der Waals surface area contributed by atoms with Gasteiger partial charge in [0, 0.05) is 12.0 Å². The lowest BCUT2D eigenvalue weighted by molar-refractivity contribution is 0.0996. The van der Waals surface area contributed by atoms with Crippen molar-refractivity contribution in [3.8, 4) is 0 Å². The maximum Gasteiger partial charge on any atom is 0.183 e. The standard InChI is InChI=1S/C11H18N2OS/c1-3-9-7-15-11(13-9)12-8(2)10-5-4-6-14-10/h7-8,10H,3-6H2,1-2H3,(H,12,13). The molecule has 0 spiro atoms. The van der Waals surface area contributed by atoms with Gasteiger partial charge in [-0.1, -0.05) is 6.92 Å². The second-order valence-electron chi connectivity index (χ2n) is 3.98. The fraction of sp³-hybridized carbons (Fsp3) is 0.727. The number of hydrogen-bond acceptors (Lipinski definition) is 4. The van der Waals surface area contributed by atoms with E-state index in [9.17, 15) is 0 Å². The van der Waals surface area contributed by atoms with Gasteiger partial charge in [0.1, 0.15) is 0 Å². The molecule has 2 unspecified atom stereocenters. The Morgan fingerprint density at radius 3 is 3.20 bits per heavy atom. The van der Waals surface area contributed by atoms with Gasteiger partial charge in [-0.3, -0.25) is 0 Å². The van der Waals surface area contributed by atoms with Gasteiger partial charge in [0.2, 0.25) is 0 Å². The molecular formula is C11H18N2OS. The number of aromatic nitrogens is 1. The number of nitrogens with one attached hydrogen (secondary N) is 1. The number of hydrogen-bond donors (Lipinski definition) is 1. The zero-order valence-corrected chi connectivity index (χ0v) is 10.1. The summed E-state index contributed by atoms with van der Waals surface area (Å²) >= 11 is 1.68. The van der Waals surface area contributed by atoms with Crippen LogP contribution in [0.15, 0.2) is 5.38 Å². The molecular weight excluding hydrogens is 208 g/mol. The average Bonchev–Trinajstić information content (AvgIpc) is 2.87. The molecule has 3 nitrogen and oxygen atoms in total. The van der Waals surface area contributed by atoms with E-state index in [4.69, 9.17) is 4.74 Å². The van der Waals surface area contributed by atoms with Crippen LogP contribution in [0.3, 0.4) is 0 Å². The smallest absolute Gasteiger partial charge is 0.183 e. The minimum Gasteiger partial charge on any atom is -0.376 e. The van der Waals surface area contributed by atoms with E-state index < -0.39 is 0 Å². The number of nitrogens with zero attached hydrogens (tertiary/aromatic N) is 1. The van der Waals surface area contributed by atoms with Crippen LogP contribution in [-0.4, -0.2) is 23.7 Å². The third-order valence-electron chi connectivity index (χ3n) is 2.79. The van der Waals surface area contributed by atoms with E-state index in [2.05, 4.69) is 29.5 Å². The van der Waals surface area contributed by atoms with Crippen LogP contribution in [0.2, 0.25) is 0 Å². The molecule has 2 heterocycles. The number of anilines is 1. The van der Waals surface area contributed by atoms with Crippen LogP contribution in [0.5, 0.6) is 0 Å². The molecule has 1 aliphatic rings. The van der Waals surface area contributed by atoms with Gasteiger partial charge in [0.15, 0.2) is 5.13 Å². The summed E-state index contributed by atoms with van der Waals surface area (Å²) in [6.45, 7) is 5.21. The molecule has 1 aromatic heterocycles. The molecule has 1 aliphatic heterocycles. The van der Waals surface area contributed by atoms with Crippen LogP contribution < -0.4 is 5.32 Å². The monoisotopic (exact) mass is 226 g/mol. The summed E-state index contributed by atoms with van der Waals surface area (Å²) in [5.41, 5.74) is 1.17. The number of aryl methyl sites for hydroxylation is 1. The minimum absolute atomic E-state index is 0.360. The van der Waals surface area contributed by atoms with Crippen molar-refractivity contribution in [1.29, 1.82) is 0 Å². The Labute approximate surface area is 94.9 Å². The number of rotatable bonds is 4. The lowest BCUT2D eigenvalue weighted by atomic mass is 10.1. The Hall–Kier alpha value is -0.610. The van der Waals surface area contributed by atoms with Crippen LogP contribution in [0.25, 0.3) is 0 Å². The van der Waals surface area contributed by atoms with E-state index in [-0.39, 0.29) is 0 Å². The Balaban J connectivity index is 1.89. The molecule has 1 aromatic rings. The van der Waals surface area contributed by atoms with E-state index in [0.29, 0.717) is 12.1 Å². The predicted molar refractivity (Wildman–Crippen MR) is 63.6 cm³/mol. The van der Waals surface area contributed by atoms with Gasteiger partial charge in [-0.2, -0.15) is 0 Å². The third kappa shape index (κ3) is 2.69. The SMILES string of the molecule is CCc1csc(NC(C)C2CCCO2)n1. The quantitative estimate of drug-likeness (QED) is 0.857. The predicted octanol–water partition coefficient (Wildman–Crippen LogP) is 2.68. The van der Waals surface area contributed by atoms with Gasteiger partial charge in [0.05, 0.1) is 17.8 Å². The lowest BCUT2D eigenvalue weighted by Crippen LogP contribution is -2.29. The second-order valence-corrected chi connectivity index (χ2v) is 4.84. The van der Waals surface area contributed by atoms with Crippen molar-refractivity contribution in [3.05, 3.63) is 11.1 Å². The van der Waals surface area contributed by atoms with Gasteiger partial charge >= 0.3 is 0 Å². The van der Waals surface area contributed by atoms with Crippen LogP contribution in [0, 0.1) is 0 Å². The van der Waals surface area contributed by atoms with E-state index in [1.54, 1.807) is 11.3 Å². The Bertz CT molecular complexity index is 307. The van der Waals surface area contributed by atoms with Crippen molar-refractivity contribution < 1.29 is 4.74 Å². The molecule has 0 aliphatic carbocycles. The molecule has 0 amide bonds. The van der Waals surface area contributed by atoms with Crippen molar-refractivity contribution >= 4 is 16.5 Å². The highest BCUT2D eigenvalue weighted by molar-refractivity contribution is 7.13. The topological polar surface area (TPSA) is 34.1 Å². The first-order valence-corrected chi connectivity index (χ1v) is 6.50. The minimum atomic E-state index is 0.360. The first kappa shape index (κ1) is 10.9. The van der Waals surface area contributed by atoms with Crippen molar-refractivity contribution in [2.75, 3.05) is 11.9 Å². The normalized spacial score (nSPS) is 22.9. The maximum atomic E-state index is 5.63. The highest BCUT2D eigenvalue weighted by atomic mass is 32.1. The van der Waals surface area contributed by atoms with Gasteiger partial charge in [0.25, 0.3) is 0 Å². The average molecular weight is 226 g/mol. The zero-order valence-electron chi connectivity index (χ0n) is 9.32. The molecule has 0 saturated carbocycles. The summed E-state index contributed by atoms with van der Waals surface area (Å²) in [6, 6.07) is 0.364. The second kappa shape index (κ2) is 4.94. The molecule has 2 atom stereocenters. The Kier molecular flexibility index (Phi) is 3.59. The summed E-state index contributed by atoms with van der Waals surface area (Å²) in [5, 5.41) is 6.56. The van der Waals surface area contributed by atoms with Gasteiger partial charge in [-0.25, -0.2) is 4.98 Å². The van der Waals surface area contributed by atoms with Gasteiger partial charge in [-0.15, -0.1) is 11.3 Å². The molecule has 2 rings (SSSR count). The Morgan fingerprint density at radius 2 is 2.60 bits per heavy atom. The fourth-order valence-electron chi connectivity index (χ4n) is 1.82. The van der Waals surface area contributed by atoms with Crippen molar-refractivity contribution in [3.63, 3.8) is 0 Å². The zero-order chi connectivity index (χ0) is 10.7. The molecule has 0 aromatic carbocycles. The van der Waals surface area contributed by atoms with E-state index in [0.717, 1.165) is 18.2 Å². The van der Waals surface area contributed by atoms with E-state index in [1.165, 1.54) is 18.5 Å². The maximum absolute atomic E-state index is 5.63. The number of thiazole rings is 1. The van der Waals surface area contributed by atoms with E-state index in [1.807, 2.05) is 0 Å². The van der Waals surface area contributed by atoms with Crippen LogP contribution in [0.1, 0.15) is 32.4 Å². The molecule has 1 fully saturated rings. The summed E-state index contributed by atoms with van der Waals surface area (Å²) < 4.78 is 5.63. The molecule has 15 heavy (non-hydrogen) atoms. The summed E-state index contributed by atoms with van der Waals surface area (Å²) in [7, 11) is 0. The van der Waals surface area contributed by atoms with Crippen LogP contribution >= 0.6 is 11.3 Å². The largest absolute Gasteiger partial charge is 0.376 e. The third-order valence-corrected chi connectivity index (χ3v) is 3.61. The van der Waals surface area contributed by atoms with Gasteiger partial charge in [-0.05, 0) is 26.2 Å². The van der Waals surface area contributed by atoms with Crippen molar-refractivity contribution in [2.45, 2.75) is 45.3 Å². The Morgan fingerprint density at radius 1 is 1.73 bits per heavy atom. The molecule has 0 radical (unpaired) electrons. The van der Waals surface area contributed by atoms with Crippen LogP contribution in [-0.2, 0) is 11.2 Å². The molecule has 1 saturated heterocycles.